The van der Waals surface area contributed by atoms with Gasteiger partial charge in [-0.1, -0.05) is 32.1 Å². The molecule has 0 radical (unpaired) electrons. The van der Waals surface area contributed by atoms with Gasteiger partial charge in [-0.3, -0.25) is 4.99 Å². The lowest BCUT2D eigenvalue weighted by molar-refractivity contribution is 0.167. The Kier molecular flexibility index (Phi) is 8.21. The van der Waals surface area contributed by atoms with E-state index in [-0.39, 0.29) is 0 Å². The van der Waals surface area contributed by atoms with E-state index >= 15 is 0 Å². The number of rotatable bonds is 6. The Hall–Kier alpha value is -0.770. The predicted octanol–water partition coefficient (Wildman–Crippen LogP) is 3.38. The van der Waals surface area contributed by atoms with Crippen LogP contribution in [0.15, 0.2) is 4.99 Å². The fraction of sp³-hybridized carbons (Fsp3) is 0.947. The molecule has 134 valence electrons. The predicted molar refractivity (Wildman–Crippen MR) is 100 cm³/mol. The lowest BCUT2D eigenvalue weighted by Crippen LogP contribution is -2.50. The van der Waals surface area contributed by atoms with Gasteiger partial charge in [0.2, 0.25) is 0 Å². The summed E-state index contributed by atoms with van der Waals surface area (Å²) in [5.74, 6) is 1.98. The second-order valence-corrected chi connectivity index (χ2v) is 7.69. The van der Waals surface area contributed by atoms with Crippen LogP contribution in [-0.4, -0.2) is 49.6 Å². The maximum absolute atomic E-state index is 4.40. The van der Waals surface area contributed by atoms with Crippen LogP contribution in [0.4, 0.5) is 0 Å². The van der Waals surface area contributed by atoms with Crippen LogP contribution in [0.25, 0.3) is 0 Å². The fourth-order valence-corrected chi connectivity index (χ4v) is 4.02. The molecule has 4 heteroatoms. The average molecular weight is 323 g/mol. The Morgan fingerprint density at radius 2 is 1.78 bits per heavy atom. The van der Waals surface area contributed by atoms with E-state index in [0.29, 0.717) is 12.1 Å². The molecule has 1 heterocycles. The molecular formula is C19H38N4. The Morgan fingerprint density at radius 1 is 1.09 bits per heavy atom. The summed E-state index contributed by atoms with van der Waals surface area (Å²) in [6.07, 6.45) is 12.4. The van der Waals surface area contributed by atoms with Crippen molar-refractivity contribution in [2.45, 2.75) is 83.7 Å². The van der Waals surface area contributed by atoms with E-state index in [1.54, 1.807) is 0 Å². The van der Waals surface area contributed by atoms with Crippen LogP contribution in [0.2, 0.25) is 0 Å². The highest BCUT2D eigenvalue weighted by Gasteiger charge is 2.21. The molecule has 2 rings (SSSR count). The lowest BCUT2D eigenvalue weighted by Gasteiger charge is -2.35. The van der Waals surface area contributed by atoms with Gasteiger partial charge in [0.15, 0.2) is 5.96 Å². The highest BCUT2D eigenvalue weighted by atomic mass is 15.2. The molecule has 0 bridgehead atoms. The average Bonchev–Trinajstić information content (AvgIpc) is 2.59. The van der Waals surface area contributed by atoms with Crippen LogP contribution in [-0.2, 0) is 0 Å². The molecule has 2 N–H and O–H groups in total. The first-order valence-corrected chi connectivity index (χ1v) is 9.90. The zero-order chi connectivity index (χ0) is 16.5. The minimum Gasteiger partial charge on any atom is -0.356 e. The van der Waals surface area contributed by atoms with Gasteiger partial charge >= 0.3 is 0 Å². The maximum atomic E-state index is 4.40. The van der Waals surface area contributed by atoms with Gasteiger partial charge in [-0.05, 0) is 45.4 Å². The smallest absolute Gasteiger partial charge is 0.191 e. The van der Waals surface area contributed by atoms with E-state index in [4.69, 9.17) is 0 Å². The highest BCUT2D eigenvalue weighted by Crippen LogP contribution is 2.26. The topological polar surface area (TPSA) is 39.7 Å². The number of nitrogens with one attached hydrogen (secondary N) is 2. The van der Waals surface area contributed by atoms with Crippen LogP contribution in [0.5, 0.6) is 0 Å². The van der Waals surface area contributed by atoms with Crippen molar-refractivity contribution < 1.29 is 0 Å². The van der Waals surface area contributed by atoms with Crippen molar-refractivity contribution >= 4 is 5.96 Å². The third-order valence-electron chi connectivity index (χ3n) is 5.63. The van der Waals surface area contributed by atoms with Gasteiger partial charge < -0.3 is 15.5 Å². The highest BCUT2D eigenvalue weighted by molar-refractivity contribution is 5.79. The summed E-state index contributed by atoms with van der Waals surface area (Å²) in [5, 5.41) is 7.13. The molecule has 0 amide bonds. The van der Waals surface area contributed by atoms with Gasteiger partial charge in [-0.15, -0.1) is 0 Å². The summed E-state index contributed by atoms with van der Waals surface area (Å²) in [5.41, 5.74) is 0. The molecule has 23 heavy (non-hydrogen) atoms. The molecule has 1 saturated carbocycles. The first kappa shape index (κ1) is 18.6. The van der Waals surface area contributed by atoms with E-state index in [1.165, 1.54) is 70.9 Å². The molecule has 1 aliphatic heterocycles. The van der Waals surface area contributed by atoms with Crippen LogP contribution < -0.4 is 10.6 Å². The minimum absolute atomic E-state index is 0.578. The van der Waals surface area contributed by atoms with Gasteiger partial charge in [-0.2, -0.15) is 0 Å². The second-order valence-electron chi connectivity index (χ2n) is 7.69. The molecule has 0 unspecified atom stereocenters. The van der Waals surface area contributed by atoms with Crippen molar-refractivity contribution in [3.8, 4) is 0 Å². The second kappa shape index (κ2) is 10.2. The summed E-state index contributed by atoms with van der Waals surface area (Å²) in [4.78, 5) is 6.97. The van der Waals surface area contributed by atoms with Crippen LogP contribution >= 0.6 is 0 Å². The Labute approximate surface area is 143 Å². The van der Waals surface area contributed by atoms with Crippen molar-refractivity contribution in [1.29, 1.82) is 0 Å². The van der Waals surface area contributed by atoms with Crippen LogP contribution in [0.3, 0.4) is 0 Å². The first-order valence-electron chi connectivity index (χ1n) is 9.90. The molecule has 1 aliphatic carbocycles. The standard InChI is InChI=1S/C19H38N4/c1-16(2)23-14-11-18(12-15-23)22-19(20-3)21-13-7-10-17-8-5-4-6-9-17/h16-18H,4-15H2,1-3H3,(H2,20,21,22). The third kappa shape index (κ3) is 6.70. The molecule has 2 fully saturated rings. The van der Waals surface area contributed by atoms with Crippen molar-refractivity contribution in [1.82, 2.24) is 15.5 Å². The molecule has 0 atom stereocenters. The number of likely N-dealkylation sites (tertiary alicyclic amines) is 1. The van der Waals surface area contributed by atoms with Crippen LogP contribution in [0.1, 0.15) is 71.6 Å². The van der Waals surface area contributed by atoms with E-state index in [2.05, 4.69) is 34.4 Å². The van der Waals surface area contributed by atoms with E-state index in [9.17, 15) is 0 Å². The third-order valence-corrected chi connectivity index (χ3v) is 5.63. The van der Waals surface area contributed by atoms with Gasteiger partial charge in [0, 0.05) is 38.8 Å². The molecule has 0 aromatic heterocycles. The Bertz CT molecular complexity index is 339. The van der Waals surface area contributed by atoms with Crippen molar-refractivity contribution in [2.24, 2.45) is 10.9 Å². The Balaban J connectivity index is 1.58. The van der Waals surface area contributed by atoms with E-state index in [1.807, 2.05) is 7.05 Å². The molecule has 1 saturated heterocycles. The molecule has 0 spiro atoms. The SMILES string of the molecule is CN=C(NCCCC1CCCCC1)NC1CCN(C(C)C)CC1. The quantitative estimate of drug-likeness (QED) is 0.447. The largest absolute Gasteiger partial charge is 0.356 e. The normalized spacial score (nSPS) is 22.5. The Morgan fingerprint density at radius 3 is 2.39 bits per heavy atom. The summed E-state index contributed by atoms with van der Waals surface area (Å²) in [6, 6.07) is 1.25. The van der Waals surface area contributed by atoms with Crippen LogP contribution in [0, 0.1) is 5.92 Å². The lowest BCUT2D eigenvalue weighted by atomic mass is 9.86. The number of aliphatic imine (C=N–C) groups is 1. The minimum atomic E-state index is 0.578. The zero-order valence-corrected chi connectivity index (χ0v) is 15.6. The summed E-state index contributed by atoms with van der Waals surface area (Å²) < 4.78 is 0. The van der Waals surface area contributed by atoms with Gasteiger partial charge in [0.25, 0.3) is 0 Å². The molecule has 2 aliphatic rings. The summed E-state index contributed by atoms with van der Waals surface area (Å²) in [7, 11) is 1.89. The van der Waals surface area contributed by atoms with Crippen molar-refractivity contribution in [3.63, 3.8) is 0 Å². The molecule has 4 nitrogen and oxygen atoms in total. The van der Waals surface area contributed by atoms with E-state index in [0.717, 1.165) is 18.4 Å². The molecular weight excluding hydrogens is 284 g/mol. The first-order chi connectivity index (χ1) is 11.2. The number of piperidine rings is 1. The van der Waals surface area contributed by atoms with Crippen molar-refractivity contribution in [3.05, 3.63) is 0 Å². The fourth-order valence-electron chi connectivity index (χ4n) is 4.02. The molecule has 0 aromatic carbocycles. The number of nitrogens with zero attached hydrogens (tertiary/aromatic N) is 2. The number of guanidine groups is 1. The number of hydrogen-bond acceptors (Lipinski definition) is 2. The van der Waals surface area contributed by atoms with Crippen molar-refractivity contribution in [2.75, 3.05) is 26.7 Å². The number of hydrogen-bond donors (Lipinski definition) is 2. The van der Waals surface area contributed by atoms with E-state index < -0.39 is 0 Å². The van der Waals surface area contributed by atoms with Gasteiger partial charge in [0.1, 0.15) is 0 Å². The van der Waals surface area contributed by atoms with Gasteiger partial charge in [0.05, 0.1) is 0 Å². The molecule has 0 aromatic rings. The summed E-state index contributed by atoms with van der Waals surface area (Å²) in [6.45, 7) is 8.05. The van der Waals surface area contributed by atoms with Gasteiger partial charge in [-0.25, -0.2) is 0 Å². The monoisotopic (exact) mass is 322 g/mol. The maximum Gasteiger partial charge on any atom is 0.191 e. The zero-order valence-electron chi connectivity index (χ0n) is 15.6. The summed E-state index contributed by atoms with van der Waals surface area (Å²) >= 11 is 0.